The first-order valence-corrected chi connectivity index (χ1v) is 12.9. The van der Waals surface area contributed by atoms with Crippen LogP contribution in [0.2, 0.25) is 0 Å². The highest BCUT2D eigenvalue weighted by Gasteiger charge is 2.16. The van der Waals surface area contributed by atoms with Crippen molar-refractivity contribution in [1.29, 1.82) is 5.26 Å². The molecule has 0 saturated heterocycles. The molecule has 7 nitrogen and oxygen atoms in total. The quantitative estimate of drug-likeness (QED) is 0.228. The van der Waals surface area contributed by atoms with E-state index in [1.807, 2.05) is 61.2 Å². The van der Waals surface area contributed by atoms with Crippen molar-refractivity contribution in [1.82, 2.24) is 19.4 Å². The Bertz CT molecular complexity index is 1640. The van der Waals surface area contributed by atoms with Crippen LogP contribution in [0.4, 0.5) is 10.1 Å². The van der Waals surface area contributed by atoms with Crippen molar-refractivity contribution in [3.8, 4) is 11.8 Å². The van der Waals surface area contributed by atoms with Gasteiger partial charge in [-0.25, -0.2) is 9.37 Å². The minimum absolute atomic E-state index is 0.329. The maximum Gasteiger partial charge on any atom is 0.173 e. The number of nitriles is 1. The van der Waals surface area contributed by atoms with Crippen LogP contribution in [0, 0.1) is 17.1 Å². The second-order valence-corrected chi connectivity index (χ2v) is 9.55. The summed E-state index contributed by atoms with van der Waals surface area (Å²) >= 11 is 5.81. The van der Waals surface area contributed by atoms with Crippen molar-refractivity contribution in [2.45, 2.75) is 19.5 Å². The molecule has 0 amide bonds. The first-order valence-electron chi connectivity index (χ1n) is 12.5. The van der Waals surface area contributed by atoms with Gasteiger partial charge in [-0.05, 0) is 71.9 Å². The molecule has 5 rings (SSSR count). The van der Waals surface area contributed by atoms with Crippen molar-refractivity contribution < 1.29 is 9.13 Å². The molecular formula is C30H27FN6OS. The smallest absolute Gasteiger partial charge is 0.173 e. The van der Waals surface area contributed by atoms with E-state index in [1.165, 1.54) is 12.1 Å². The Balaban J connectivity index is 1.36. The first-order chi connectivity index (χ1) is 19.0. The van der Waals surface area contributed by atoms with Crippen molar-refractivity contribution >= 4 is 33.9 Å². The molecule has 3 aromatic carbocycles. The summed E-state index contributed by atoms with van der Waals surface area (Å²) in [6, 6.07) is 21.9. The van der Waals surface area contributed by atoms with E-state index in [0.29, 0.717) is 42.4 Å². The molecule has 0 unspecified atom stereocenters. The summed E-state index contributed by atoms with van der Waals surface area (Å²) in [6.45, 7) is 1.80. The van der Waals surface area contributed by atoms with Crippen LogP contribution in [0.1, 0.15) is 22.4 Å². The number of hydrogen-bond donors (Lipinski definition) is 2. The number of nitrogens with zero attached hydrogens (tertiary/aromatic N) is 4. The summed E-state index contributed by atoms with van der Waals surface area (Å²) in [7, 11) is 1.65. The van der Waals surface area contributed by atoms with Gasteiger partial charge in [0.2, 0.25) is 0 Å². The zero-order valence-electron chi connectivity index (χ0n) is 21.4. The fraction of sp³-hybridized carbons (Fsp3) is 0.167. The SMILES string of the molecule is COc1ccc2[nH]cc(CN(CCc3cncn3Cc3ccc(C#N)cc3)C(=S)Nc3cccc(F)c3)c2c1. The summed E-state index contributed by atoms with van der Waals surface area (Å²) in [5.74, 6) is 0.451. The number of imidazole rings is 1. The van der Waals surface area contributed by atoms with E-state index >= 15 is 0 Å². The van der Waals surface area contributed by atoms with E-state index in [-0.39, 0.29) is 5.82 Å². The number of thiocarbonyl (C=S) groups is 1. The minimum atomic E-state index is -0.329. The minimum Gasteiger partial charge on any atom is -0.497 e. The van der Waals surface area contributed by atoms with E-state index in [4.69, 9.17) is 22.2 Å². The van der Waals surface area contributed by atoms with Crippen LogP contribution < -0.4 is 10.1 Å². The van der Waals surface area contributed by atoms with Crippen molar-refractivity contribution in [3.05, 3.63) is 114 Å². The van der Waals surface area contributed by atoms with Crippen LogP contribution in [0.25, 0.3) is 10.9 Å². The monoisotopic (exact) mass is 538 g/mol. The Labute approximate surface area is 231 Å². The lowest BCUT2D eigenvalue weighted by Gasteiger charge is -2.26. The Morgan fingerprint density at radius 2 is 2.03 bits per heavy atom. The van der Waals surface area contributed by atoms with E-state index in [2.05, 4.69) is 30.8 Å². The van der Waals surface area contributed by atoms with Crippen molar-refractivity contribution in [3.63, 3.8) is 0 Å². The topological polar surface area (TPSA) is 81.9 Å². The number of hydrogen-bond acceptors (Lipinski definition) is 4. The number of fused-ring (bicyclic) bond motifs is 1. The number of H-pyrrole nitrogens is 1. The van der Waals surface area contributed by atoms with Gasteiger partial charge in [0.1, 0.15) is 11.6 Å². The third-order valence-corrected chi connectivity index (χ3v) is 6.93. The van der Waals surface area contributed by atoms with Gasteiger partial charge in [-0.1, -0.05) is 18.2 Å². The highest BCUT2D eigenvalue weighted by Crippen LogP contribution is 2.25. The van der Waals surface area contributed by atoms with E-state index in [0.717, 1.165) is 33.5 Å². The van der Waals surface area contributed by atoms with Crippen LogP contribution in [-0.2, 0) is 19.5 Å². The Hall–Kier alpha value is -4.68. The summed E-state index contributed by atoms with van der Waals surface area (Å²) in [6.07, 6.45) is 6.35. The number of halogens is 1. The number of rotatable bonds is 9. The molecule has 0 aliphatic heterocycles. The molecule has 9 heteroatoms. The van der Waals surface area contributed by atoms with Crippen LogP contribution in [-0.4, -0.2) is 38.2 Å². The van der Waals surface area contributed by atoms with Gasteiger partial charge in [0.25, 0.3) is 0 Å². The molecule has 0 spiro atoms. The molecule has 0 saturated carbocycles. The molecule has 2 heterocycles. The van der Waals surface area contributed by atoms with E-state index in [9.17, 15) is 4.39 Å². The average Bonchev–Trinajstić information content (AvgIpc) is 3.57. The number of ether oxygens (including phenoxy) is 1. The van der Waals surface area contributed by atoms with Crippen LogP contribution in [0.3, 0.4) is 0 Å². The second-order valence-electron chi connectivity index (χ2n) is 9.16. The molecule has 0 aliphatic carbocycles. The third kappa shape index (κ3) is 6.25. The highest BCUT2D eigenvalue weighted by molar-refractivity contribution is 7.80. The van der Waals surface area contributed by atoms with Gasteiger partial charge < -0.3 is 24.5 Å². The Morgan fingerprint density at radius 3 is 2.79 bits per heavy atom. The lowest BCUT2D eigenvalue weighted by atomic mass is 10.1. The Kier molecular flexibility index (Phi) is 7.85. The lowest BCUT2D eigenvalue weighted by molar-refractivity contribution is 0.414. The predicted octanol–water partition coefficient (Wildman–Crippen LogP) is 5.87. The van der Waals surface area contributed by atoms with Crippen LogP contribution in [0.15, 0.2) is 85.5 Å². The summed E-state index contributed by atoms with van der Waals surface area (Å²) in [5.41, 5.74) is 5.44. The summed E-state index contributed by atoms with van der Waals surface area (Å²) in [5, 5.41) is 13.8. The maximum absolute atomic E-state index is 13.8. The molecule has 0 radical (unpaired) electrons. The third-order valence-electron chi connectivity index (χ3n) is 6.57. The van der Waals surface area contributed by atoms with Gasteiger partial charge in [0.15, 0.2) is 5.11 Å². The average molecular weight is 539 g/mol. The highest BCUT2D eigenvalue weighted by atomic mass is 32.1. The lowest BCUT2D eigenvalue weighted by Crippen LogP contribution is -2.36. The second kappa shape index (κ2) is 11.8. The molecule has 0 atom stereocenters. The number of aromatic amines is 1. The molecule has 0 bridgehead atoms. The van der Waals surface area contributed by atoms with E-state index in [1.54, 1.807) is 19.2 Å². The van der Waals surface area contributed by atoms with Crippen molar-refractivity contribution in [2.75, 3.05) is 19.0 Å². The van der Waals surface area contributed by atoms with Gasteiger partial charge in [0.05, 0.1) is 25.1 Å². The van der Waals surface area contributed by atoms with Crippen LogP contribution >= 0.6 is 12.2 Å². The fourth-order valence-electron chi connectivity index (χ4n) is 4.47. The summed E-state index contributed by atoms with van der Waals surface area (Å²) < 4.78 is 21.4. The maximum atomic E-state index is 13.8. The molecule has 2 aromatic heterocycles. The summed E-state index contributed by atoms with van der Waals surface area (Å²) in [4.78, 5) is 9.77. The number of benzene rings is 3. The molecule has 2 N–H and O–H groups in total. The molecule has 39 heavy (non-hydrogen) atoms. The number of nitrogens with one attached hydrogen (secondary N) is 2. The van der Waals surface area contributed by atoms with Crippen molar-refractivity contribution in [2.24, 2.45) is 0 Å². The standard InChI is InChI=1S/C30H27FN6OS/c1-38-27-9-10-29-28(14-27)23(16-34-29)19-36(30(39)35-25-4-2-3-24(31)13-25)12-11-26-17-33-20-37(26)18-22-7-5-21(15-32)6-8-22/h2-10,13-14,16-17,20,34H,11-12,18-19H2,1H3,(H,35,39). The predicted molar refractivity (Wildman–Crippen MR) is 154 cm³/mol. The first kappa shape index (κ1) is 25.9. The van der Waals surface area contributed by atoms with Crippen LogP contribution in [0.5, 0.6) is 5.75 Å². The molecule has 0 aliphatic rings. The zero-order valence-corrected chi connectivity index (χ0v) is 22.2. The number of anilines is 1. The molecular weight excluding hydrogens is 511 g/mol. The molecule has 196 valence electrons. The normalized spacial score (nSPS) is 10.8. The van der Waals surface area contributed by atoms with Gasteiger partial charge in [0, 0.05) is 60.7 Å². The number of aromatic nitrogens is 3. The van der Waals surface area contributed by atoms with Gasteiger partial charge >= 0.3 is 0 Å². The van der Waals surface area contributed by atoms with E-state index < -0.39 is 0 Å². The Morgan fingerprint density at radius 1 is 1.18 bits per heavy atom. The zero-order chi connectivity index (χ0) is 27.2. The largest absolute Gasteiger partial charge is 0.497 e. The fourth-order valence-corrected chi connectivity index (χ4v) is 4.75. The molecule has 0 fully saturated rings. The van der Waals surface area contributed by atoms with Gasteiger partial charge in [-0.15, -0.1) is 0 Å². The van der Waals surface area contributed by atoms with Gasteiger partial charge in [-0.3, -0.25) is 0 Å². The molecule has 5 aromatic rings. The van der Waals surface area contributed by atoms with Gasteiger partial charge in [-0.2, -0.15) is 5.26 Å². The number of methoxy groups -OCH3 is 1.